The summed E-state index contributed by atoms with van der Waals surface area (Å²) >= 11 is 8.97. The summed E-state index contributed by atoms with van der Waals surface area (Å²) in [5.74, 6) is -2.70. The first kappa shape index (κ1) is 253. The molecule has 120 heavy (non-hydrogen) atoms. The predicted molar refractivity (Wildman–Crippen MR) is 413 cm³/mol. The minimum atomic E-state index is -5.51. The number of rotatable bonds is 28. The fraction of sp³-hybridized carbons (Fsp3) is 0.464. The number of phenols is 1. The van der Waals surface area contributed by atoms with Gasteiger partial charge in [0.2, 0.25) is 6.29 Å². The van der Waals surface area contributed by atoms with Gasteiger partial charge in [-0.2, -0.15) is 58.9 Å². The first-order chi connectivity index (χ1) is 36.1. The number of aromatic hydroxyl groups is 1. The second-order valence-electron chi connectivity index (χ2n) is 14.3. The Hall–Kier alpha value is 1.91. The van der Waals surface area contributed by atoms with Crippen LogP contribution in [0.2, 0.25) is 0 Å². The zero-order valence-electron chi connectivity index (χ0n) is 59.6. The van der Waals surface area contributed by atoms with Crippen LogP contribution in [0.1, 0.15) is 6.92 Å². The smallest absolute Gasteiger partial charge is 0.419 e. The van der Waals surface area contributed by atoms with Crippen LogP contribution in [0.4, 0.5) is 0 Å². The van der Waals surface area contributed by atoms with Crippen molar-refractivity contribution in [1.29, 1.82) is 0 Å². The molecule has 717 valence electrons. The number of methoxy groups -OCH3 is 1. The molecule has 0 amide bonds. The summed E-state index contributed by atoms with van der Waals surface area (Å²) in [6.45, 7) is -0.472. The number of hydrogen-bond donors (Lipinski definition) is 1. The standard InChI is InChI=1S/C28H32O36S7.14Al.35H2O/c1-10-21(59-66(34,35)36)23(61-68(40,41)42)25(63-70(46,47)48)27(54-10)53-9-19-22(60-67(37,38)39)24(62-69(43,44)45)26(64-71(49,50)51)28(57-19)55-12-6-13(29)20-14(30)8-16(56-18(20)7-12)11-3-4-15(52-2)17(5-11)58-65(31,32)33;;;;;;;;;;;;;;;;;;;;;;;;;;;;;;;;;;;;;;;;;;;;;;;;;/h3-8,10,19,21-29H,9H2,1-2H3,(H,31,32,33)(H,34,35,36)(H,37,38,39)(H,40,41,42)(H,43,44,45)(H,46,47,48)(H,49,50,51);;;;;;;;;;;;;;;35*1H2/q;;;;;;;;7*+1;;;;;;;;;;;;;;;;;;;;;;;;;;;;;;;;;;;/p-7/t10-,19+,21-,22+,23+,24-,25+,26+,27+,28+;;;;;;;;;;;;;;;;;;;;;;;;;;;;;;;;;;;;;;;;;;;;;;;;;/m0................................................./s1. The third-order valence-corrected chi connectivity index (χ3v) is 19.3. The predicted octanol–water partition coefficient (Wildman–Crippen LogP) is -37.4. The summed E-state index contributed by atoms with van der Waals surface area (Å²) in [5.41, 5.74) is -1.64. The Morgan fingerprint density at radius 2 is 0.650 bits per heavy atom. The summed E-state index contributed by atoms with van der Waals surface area (Å²) < 4.78 is 276. The van der Waals surface area contributed by atoms with Gasteiger partial charge in [-0.15, -0.1) is 0 Å². The second-order valence-corrected chi connectivity index (χ2v) is 26.8. The molecular weight excluding hydrogens is 2070 g/mol. The van der Waals surface area contributed by atoms with Crippen LogP contribution in [-0.2, 0) is 135 Å². The Kier molecular flexibility index (Phi) is 224. The van der Waals surface area contributed by atoms with Gasteiger partial charge in [0.15, 0.2) is 35.4 Å². The van der Waals surface area contributed by atoms with Gasteiger partial charge in [0.25, 0.3) is 0 Å². The Bertz CT molecular complexity index is 3570. The van der Waals surface area contributed by atoms with E-state index in [1.807, 2.05) is 0 Å². The van der Waals surface area contributed by atoms with E-state index in [9.17, 15) is 68.8 Å². The van der Waals surface area contributed by atoms with Gasteiger partial charge in [0.05, 0.1) is 19.8 Å². The molecule has 71 N–H and O–H groups in total. The third-order valence-electron chi connectivity index (χ3n) is 9.62. The normalized spacial score (nSPS) is 16.1. The van der Waals surface area contributed by atoms with Crippen molar-refractivity contribution >= 4 is 322 Å². The van der Waals surface area contributed by atoms with Crippen LogP contribution in [0.15, 0.2) is 45.6 Å². The number of ether oxygens (including phenoxy) is 5. The van der Waals surface area contributed by atoms with Crippen LogP contribution in [0.3, 0.4) is 0 Å². The zero-order valence-corrected chi connectivity index (χ0v) is 81.5. The van der Waals surface area contributed by atoms with E-state index in [4.69, 9.17) is 57.4 Å². The fourth-order valence-electron chi connectivity index (χ4n) is 6.64. The highest BCUT2D eigenvalue weighted by molar-refractivity contribution is 7.84. The molecule has 35 radical (unpaired) electrons. The number of fused-ring (bicyclic) bond motifs is 1. The molecule has 0 unspecified atom stereocenters. The average molecular weight is 2170 g/mol. The monoisotopic (exact) mass is 2170 g/mol. The summed E-state index contributed by atoms with van der Waals surface area (Å²) in [6, 6.07) is 5.83. The SMILES string of the molecule is COc1ccc(-c2cc(=O)c3c(O)cc(O[C@@H]4O[C@H](CO[C@@H]5O[C@@H](C)[C@H](OS(=O)(=O)[O][Al])[C@@H](OS(=O)(=O)[O][Al])[C@H]5OS(=O)(=O)[O][Al])[C@@H](OS(=O)(=O)[O][Al])[C@H](OS(=O)(=O)[O][Al])[C@H]4OS(=O)(=O)[O][Al])cc3o2)cc1OS(=O)(=O)[O][Al].O.O.O.O.O.O.O.O.O.O.O.O.O.O.O.O.O.O.O.O.O.O.O.O.O.O.O.O.O.O.O.O.O.O.O.[Al].[Al].[Al].[Al].[Al].[Al].[Al]. The third kappa shape index (κ3) is 71.6. The van der Waals surface area contributed by atoms with E-state index in [1.54, 1.807) is 0 Å². The van der Waals surface area contributed by atoms with E-state index in [0.29, 0.717) is 6.07 Å². The largest absolute Gasteiger partial charge is 0.507 e. The van der Waals surface area contributed by atoms with E-state index in [2.05, 4.69) is 22.6 Å². The molecule has 3 aromatic rings. The lowest BCUT2D eigenvalue weighted by atomic mass is 9.98. The molecule has 0 aliphatic carbocycles. The van der Waals surface area contributed by atoms with E-state index >= 15 is 0 Å². The minimum absolute atomic E-state index is 0. The van der Waals surface area contributed by atoms with Gasteiger partial charge in [-0.25, -0.2) is 25.1 Å². The van der Waals surface area contributed by atoms with Gasteiger partial charge < -0.3 is 252 Å². The topological polar surface area (TPSA) is 1570 Å². The summed E-state index contributed by atoms with van der Waals surface area (Å²) in [7, 11) is -35.8. The molecule has 1 aromatic heterocycles. The molecule has 2 aromatic carbocycles. The molecular formula is C28H95Al14O71S7. The molecule has 0 spiro atoms. The van der Waals surface area contributed by atoms with Crippen molar-refractivity contribution in [3.8, 4) is 34.3 Å². The van der Waals surface area contributed by atoms with Crippen LogP contribution >= 0.6 is 0 Å². The molecule has 2 aliphatic heterocycles. The summed E-state index contributed by atoms with van der Waals surface area (Å²) in [6.07, 6.45) is -25.1. The molecule has 10 atom stereocenters. The van der Waals surface area contributed by atoms with E-state index < -0.39 is 174 Å². The minimum Gasteiger partial charge on any atom is -0.507 e. The average Bonchev–Trinajstić information content (AvgIpc) is 3.36. The van der Waals surface area contributed by atoms with Crippen LogP contribution in [0, 0.1) is 0 Å². The lowest BCUT2D eigenvalue weighted by molar-refractivity contribution is -0.305. The highest BCUT2D eigenvalue weighted by Gasteiger charge is 2.57. The van der Waals surface area contributed by atoms with Crippen molar-refractivity contribution in [2.45, 2.75) is 68.3 Å². The van der Waals surface area contributed by atoms with Crippen molar-refractivity contribution in [2.75, 3.05) is 13.7 Å². The number of benzene rings is 2. The molecule has 71 nitrogen and oxygen atoms in total. The van der Waals surface area contributed by atoms with Crippen molar-refractivity contribution in [1.82, 2.24) is 0 Å². The molecule has 2 saturated heterocycles. The molecule has 5 rings (SSSR count). The van der Waals surface area contributed by atoms with Gasteiger partial charge in [-0.3, -0.25) is 4.79 Å². The lowest BCUT2D eigenvalue weighted by Gasteiger charge is -2.45. The Morgan fingerprint density at radius 3 is 0.967 bits per heavy atom. The summed E-state index contributed by atoms with van der Waals surface area (Å²) in [4.78, 5) is 13.5. The first-order valence-electron chi connectivity index (χ1n) is 19.4. The van der Waals surface area contributed by atoms with E-state index in [-0.39, 0.29) is 330 Å². The Morgan fingerprint density at radius 1 is 0.358 bits per heavy atom. The van der Waals surface area contributed by atoms with Crippen molar-refractivity contribution < 1.29 is 336 Å². The van der Waals surface area contributed by atoms with E-state index in [0.717, 1.165) is 32.2 Å². The maximum Gasteiger partial charge on any atom is 0.419 e. The molecule has 0 saturated carbocycles. The fourth-order valence-corrected chi connectivity index (χ4v) is 11.2. The van der Waals surface area contributed by atoms with Crippen LogP contribution in [0.25, 0.3) is 22.3 Å². The molecule has 0 bridgehead atoms. The van der Waals surface area contributed by atoms with Crippen molar-refractivity contribution in [2.24, 2.45) is 0 Å². The molecule has 2 aliphatic rings. The quantitative estimate of drug-likeness (QED) is 0.0660. The van der Waals surface area contributed by atoms with Crippen LogP contribution < -0.4 is 19.1 Å². The van der Waals surface area contributed by atoms with Gasteiger partial charge in [0, 0.05) is 145 Å². The van der Waals surface area contributed by atoms with Gasteiger partial charge in [0.1, 0.15) is 58.7 Å². The van der Waals surface area contributed by atoms with Gasteiger partial charge >= 0.3 is 189 Å². The second kappa shape index (κ2) is 106. The number of phenolic OH excluding ortho intramolecular Hbond substituents is 1. The zero-order chi connectivity index (χ0) is 58.6. The highest BCUT2D eigenvalue weighted by Crippen LogP contribution is 2.40. The first-order valence-corrected chi connectivity index (χ1v) is 32.0. The van der Waals surface area contributed by atoms with Crippen LogP contribution in [0.5, 0.6) is 23.0 Å². The molecule has 2 fully saturated rings. The maximum atomic E-state index is 13.5. The Balaban J connectivity index is -0.0000000445. The summed E-state index contributed by atoms with van der Waals surface area (Å²) in [5, 5.41) is 10.6. The highest BCUT2D eigenvalue weighted by atomic mass is 32.3. The van der Waals surface area contributed by atoms with Crippen molar-refractivity contribution in [3.63, 3.8) is 0 Å². The maximum absolute atomic E-state index is 13.5. The molecule has 92 heteroatoms. The van der Waals surface area contributed by atoms with Gasteiger partial charge in [-0.1, -0.05) is 0 Å². The Labute approximate surface area is 812 Å². The molecule has 3 heterocycles. The lowest BCUT2D eigenvalue weighted by Crippen LogP contribution is -2.65. The van der Waals surface area contributed by atoms with E-state index in [1.165, 1.54) is 128 Å². The van der Waals surface area contributed by atoms with Crippen LogP contribution in [-0.4, -0.2) is 569 Å². The number of hydrogen-bond acceptors (Lipinski definition) is 36. The van der Waals surface area contributed by atoms with Crippen molar-refractivity contribution in [3.05, 3.63) is 46.6 Å². The van der Waals surface area contributed by atoms with Gasteiger partial charge in [-0.05, 0) is 25.1 Å².